The van der Waals surface area contributed by atoms with Crippen LogP contribution in [0.5, 0.6) is 0 Å². The molecule has 0 fully saturated rings. The van der Waals surface area contributed by atoms with Crippen LogP contribution in [0.2, 0.25) is 0 Å². The monoisotopic (exact) mass is 300 g/mol. The van der Waals surface area contributed by atoms with Crippen molar-refractivity contribution in [2.24, 2.45) is 0 Å². The van der Waals surface area contributed by atoms with Gasteiger partial charge in [0.05, 0.1) is 6.54 Å². The molecule has 0 N–H and O–H groups in total. The minimum absolute atomic E-state index is 0.921. The van der Waals surface area contributed by atoms with E-state index in [0.29, 0.717) is 0 Å². The molecule has 1 aromatic heterocycles. The van der Waals surface area contributed by atoms with E-state index in [9.17, 15) is 17.3 Å². The van der Waals surface area contributed by atoms with Gasteiger partial charge >= 0.3 is 7.25 Å². The summed E-state index contributed by atoms with van der Waals surface area (Å²) in [7, 11) is -6.00. The van der Waals surface area contributed by atoms with Crippen molar-refractivity contribution in [3.05, 3.63) is 60.7 Å². The SMILES string of the molecule is C=Cc1ccc(C[n+]2ccn(CC)c2)cc1.F[B-](F)(F)F. The molecule has 0 unspecified atom stereocenters. The van der Waals surface area contributed by atoms with Gasteiger partial charge in [-0.2, -0.15) is 0 Å². The molecule has 1 heterocycles. The minimum atomic E-state index is -6.00. The summed E-state index contributed by atoms with van der Waals surface area (Å²) >= 11 is 0. The highest BCUT2D eigenvalue weighted by Crippen LogP contribution is 2.06. The van der Waals surface area contributed by atoms with E-state index in [0.717, 1.165) is 13.1 Å². The van der Waals surface area contributed by atoms with Gasteiger partial charge in [-0.1, -0.05) is 36.9 Å². The van der Waals surface area contributed by atoms with Gasteiger partial charge in [0, 0.05) is 0 Å². The molecule has 0 bridgehead atoms. The third-order valence-electron chi connectivity index (χ3n) is 2.69. The van der Waals surface area contributed by atoms with Crippen LogP contribution >= 0.6 is 0 Å². The smallest absolute Gasteiger partial charge is 0.418 e. The van der Waals surface area contributed by atoms with Crippen LogP contribution in [0.1, 0.15) is 18.1 Å². The molecule has 0 aliphatic carbocycles. The number of aryl methyl sites for hydroxylation is 1. The van der Waals surface area contributed by atoms with E-state index in [1.807, 2.05) is 6.08 Å². The van der Waals surface area contributed by atoms with Gasteiger partial charge in [-0.05, 0) is 18.1 Å². The molecule has 0 radical (unpaired) electrons. The Morgan fingerprint density at radius 2 is 1.76 bits per heavy atom. The maximum Gasteiger partial charge on any atom is 0.673 e. The number of rotatable bonds is 4. The van der Waals surface area contributed by atoms with Crippen LogP contribution in [-0.2, 0) is 13.1 Å². The van der Waals surface area contributed by atoms with Crippen LogP contribution in [0, 0.1) is 0 Å². The quantitative estimate of drug-likeness (QED) is 0.461. The normalized spacial score (nSPS) is 10.7. The van der Waals surface area contributed by atoms with Crippen molar-refractivity contribution in [3.63, 3.8) is 0 Å². The Morgan fingerprint density at radius 1 is 1.19 bits per heavy atom. The summed E-state index contributed by atoms with van der Waals surface area (Å²) in [6.07, 6.45) is 8.19. The standard InChI is InChI=1S/C14H17N2.BF4/c1-3-13-5-7-14(8-6-13)11-16-10-9-15(4-2)12-16;2-1(3,4)5/h3,5-10,12H,1,4,11H2,2H3;/q+1;-1. The molecule has 0 aliphatic heterocycles. The fourth-order valence-corrected chi connectivity index (χ4v) is 1.69. The van der Waals surface area contributed by atoms with Crippen molar-refractivity contribution in [2.75, 3.05) is 0 Å². The summed E-state index contributed by atoms with van der Waals surface area (Å²) in [5.74, 6) is 0. The molecular formula is C14H17BF4N2. The van der Waals surface area contributed by atoms with Crippen LogP contribution in [0.4, 0.5) is 17.3 Å². The number of halogens is 4. The predicted octanol–water partition coefficient (Wildman–Crippen LogP) is 3.79. The van der Waals surface area contributed by atoms with E-state index < -0.39 is 7.25 Å². The van der Waals surface area contributed by atoms with Gasteiger partial charge in [-0.15, -0.1) is 0 Å². The van der Waals surface area contributed by atoms with Crippen molar-refractivity contribution in [3.8, 4) is 0 Å². The van der Waals surface area contributed by atoms with Gasteiger partial charge in [0.2, 0.25) is 6.33 Å². The van der Waals surface area contributed by atoms with Gasteiger partial charge in [0.1, 0.15) is 18.9 Å². The first-order valence-electron chi connectivity index (χ1n) is 6.45. The number of hydrogen-bond donors (Lipinski definition) is 0. The molecule has 21 heavy (non-hydrogen) atoms. The molecule has 0 saturated carbocycles. The third-order valence-corrected chi connectivity index (χ3v) is 2.69. The number of aromatic nitrogens is 2. The van der Waals surface area contributed by atoms with E-state index in [-0.39, 0.29) is 0 Å². The molecule has 2 rings (SSSR count). The molecule has 2 aromatic rings. The molecular weight excluding hydrogens is 283 g/mol. The Kier molecular flexibility index (Phi) is 6.21. The zero-order valence-electron chi connectivity index (χ0n) is 11.7. The fraction of sp³-hybridized carbons (Fsp3) is 0.214. The minimum Gasteiger partial charge on any atom is -0.418 e. The topological polar surface area (TPSA) is 8.81 Å². The van der Waals surface area contributed by atoms with Crippen molar-refractivity contribution in [1.82, 2.24) is 4.57 Å². The lowest BCUT2D eigenvalue weighted by Crippen LogP contribution is -2.31. The van der Waals surface area contributed by atoms with E-state index in [4.69, 9.17) is 0 Å². The first-order chi connectivity index (χ1) is 9.81. The van der Waals surface area contributed by atoms with Gasteiger partial charge < -0.3 is 17.3 Å². The van der Waals surface area contributed by atoms with Crippen LogP contribution in [0.15, 0.2) is 49.6 Å². The lowest BCUT2D eigenvalue weighted by Gasteiger charge is -1.98. The second-order valence-electron chi connectivity index (χ2n) is 4.36. The Labute approximate surface area is 121 Å². The highest BCUT2D eigenvalue weighted by molar-refractivity contribution is 6.50. The van der Waals surface area contributed by atoms with Crippen molar-refractivity contribution < 1.29 is 21.8 Å². The second-order valence-corrected chi connectivity index (χ2v) is 4.36. The van der Waals surface area contributed by atoms with E-state index >= 15 is 0 Å². The molecule has 0 atom stereocenters. The number of imidazole rings is 1. The largest absolute Gasteiger partial charge is 0.673 e. The first-order valence-corrected chi connectivity index (χ1v) is 6.45. The Morgan fingerprint density at radius 3 is 2.19 bits per heavy atom. The van der Waals surface area contributed by atoms with Crippen molar-refractivity contribution in [2.45, 2.75) is 20.0 Å². The maximum atomic E-state index is 9.75. The Hall–Kier alpha value is -2.05. The molecule has 0 spiro atoms. The third kappa shape index (κ3) is 7.34. The van der Waals surface area contributed by atoms with Crippen molar-refractivity contribution in [1.29, 1.82) is 0 Å². The lowest BCUT2D eigenvalue weighted by molar-refractivity contribution is -0.687. The van der Waals surface area contributed by atoms with Gasteiger partial charge in [-0.25, -0.2) is 9.13 Å². The molecule has 0 amide bonds. The molecule has 0 saturated heterocycles. The summed E-state index contributed by atoms with van der Waals surface area (Å²) < 4.78 is 43.4. The zero-order chi connectivity index (χ0) is 15.9. The highest BCUT2D eigenvalue weighted by Gasteiger charge is 2.20. The van der Waals surface area contributed by atoms with E-state index in [1.165, 1.54) is 11.1 Å². The summed E-state index contributed by atoms with van der Waals surface area (Å²) in [5, 5.41) is 0. The number of benzene rings is 1. The van der Waals surface area contributed by atoms with Crippen LogP contribution in [0.3, 0.4) is 0 Å². The fourth-order valence-electron chi connectivity index (χ4n) is 1.69. The molecule has 7 heteroatoms. The zero-order valence-corrected chi connectivity index (χ0v) is 11.7. The summed E-state index contributed by atoms with van der Waals surface area (Å²) in [5.41, 5.74) is 2.48. The molecule has 0 aliphatic rings. The van der Waals surface area contributed by atoms with Crippen LogP contribution < -0.4 is 4.57 Å². The lowest BCUT2D eigenvalue weighted by atomic mass is 10.1. The Bertz CT molecular complexity index is 555. The summed E-state index contributed by atoms with van der Waals surface area (Å²) in [6, 6.07) is 8.49. The molecule has 2 nitrogen and oxygen atoms in total. The average Bonchev–Trinajstić information content (AvgIpc) is 2.85. The van der Waals surface area contributed by atoms with Crippen LogP contribution in [0.25, 0.3) is 6.08 Å². The number of hydrogen-bond acceptors (Lipinski definition) is 0. The summed E-state index contributed by atoms with van der Waals surface area (Å²) in [4.78, 5) is 0. The summed E-state index contributed by atoms with van der Waals surface area (Å²) in [6.45, 7) is 7.83. The second kappa shape index (κ2) is 7.66. The highest BCUT2D eigenvalue weighted by atomic mass is 19.5. The maximum absolute atomic E-state index is 9.75. The van der Waals surface area contributed by atoms with E-state index in [2.05, 4.69) is 65.6 Å². The number of nitrogens with zero attached hydrogens (tertiary/aromatic N) is 2. The van der Waals surface area contributed by atoms with Gasteiger partial charge in [-0.3, -0.25) is 0 Å². The average molecular weight is 300 g/mol. The van der Waals surface area contributed by atoms with Crippen LogP contribution in [-0.4, -0.2) is 11.8 Å². The van der Waals surface area contributed by atoms with Gasteiger partial charge in [0.25, 0.3) is 0 Å². The van der Waals surface area contributed by atoms with E-state index in [1.54, 1.807) is 0 Å². The molecule has 1 aromatic carbocycles. The Balaban J connectivity index is 0.000000383. The van der Waals surface area contributed by atoms with Crippen molar-refractivity contribution >= 4 is 13.3 Å². The van der Waals surface area contributed by atoms with Gasteiger partial charge in [0.15, 0.2) is 0 Å². The predicted molar refractivity (Wildman–Crippen MR) is 76.1 cm³/mol. The first kappa shape index (κ1) is 17.0. The molecule has 114 valence electrons.